The number of carbonyl (C=O) groups is 1. The van der Waals surface area contributed by atoms with E-state index in [1.54, 1.807) is 25.1 Å². The van der Waals surface area contributed by atoms with E-state index in [1.807, 2.05) is 0 Å². The van der Waals surface area contributed by atoms with Crippen LogP contribution in [0, 0.1) is 18.8 Å². The maximum absolute atomic E-state index is 12.2. The van der Waals surface area contributed by atoms with Crippen LogP contribution in [0.15, 0.2) is 18.2 Å². The van der Waals surface area contributed by atoms with Crippen molar-refractivity contribution in [2.24, 2.45) is 0 Å². The van der Waals surface area contributed by atoms with Crippen molar-refractivity contribution in [1.29, 1.82) is 0 Å². The highest BCUT2D eigenvalue weighted by molar-refractivity contribution is 7.08. The molecule has 1 heterocycles. The highest BCUT2D eigenvalue weighted by Crippen LogP contribution is 2.26. The van der Waals surface area contributed by atoms with Crippen LogP contribution in [0.25, 0.3) is 0 Å². The predicted molar refractivity (Wildman–Crippen MR) is 79.6 cm³/mol. The molecule has 0 fully saturated rings. The first kappa shape index (κ1) is 15.0. The molecule has 108 valence electrons. The number of methoxy groups -OCH3 is 1. The average molecular weight is 303 g/mol. The molecule has 6 nitrogen and oxygen atoms in total. The summed E-state index contributed by atoms with van der Waals surface area (Å²) in [5.74, 6) is 5.55. The topological polar surface area (TPSA) is 84.3 Å². The Kier molecular flexibility index (Phi) is 4.87. The largest absolute Gasteiger partial charge is 0.495 e. The summed E-state index contributed by atoms with van der Waals surface area (Å²) in [4.78, 5) is 12.6. The molecular weight excluding hydrogens is 290 g/mol. The summed E-state index contributed by atoms with van der Waals surface area (Å²) in [6.07, 6.45) is 0. The minimum Gasteiger partial charge on any atom is -0.495 e. The van der Waals surface area contributed by atoms with E-state index >= 15 is 0 Å². The monoisotopic (exact) mass is 303 g/mol. The number of nitrogens with one attached hydrogen (secondary N) is 1. The molecule has 0 aliphatic heterocycles. The van der Waals surface area contributed by atoms with Crippen molar-refractivity contribution in [2.75, 3.05) is 19.0 Å². The maximum atomic E-state index is 12.2. The molecule has 0 unspecified atom stereocenters. The Balaban J connectivity index is 2.29. The van der Waals surface area contributed by atoms with Crippen LogP contribution in [0.1, 0.15) is 20.9 Å². The zero-order valence-corrected chi connectivity index (χ0v) is 12.3. The molecule has 0 radical (unpaired) electrons. The Hall–Kier alpha value is -2.43. The average Bonchev–Trinajstić information content (AvgIpc) is 2.91. The van der Waals surface area contributed by atoms with E-state index < -0.39 is 0 Å². The number of hydrogen-bond acceptors (Lipinski definition) is 6. The highest BCUT2D eigenvalue weighted by Gasteiger charge is 2.15. The van der Waals surface area contributed by atoms with Gasteiger partial charge in [-0.25, -0.2) is 0 Å². The first-order chi connectivity index (χ1) is 10.2. The van der Waals surface area contributed by atoms with Gasteiger partial charge in [0.15, 0.2) is 0 Å². The molecule has 1 aromatic carbocycles. The Morgan fingerprint density at radius 2 is 2.33 bits per heavy atom. The normalized spacial score (nSPS) is 9.67. The van der Waals surface area contributed by atoms with Gasteiger partial charge in [0.2, 0.25) is 0 Å². The van der Waals surface area contributed by atoms with Crippen LogP contribution in [-0.2, 0) is 0 Å². The van der Waals surface area contributed by atoms with Crippen LogP contribution >= 0.6 is 11.5 Å². The molecule has 1 aromatic heterocycles. The number of aliphatic hydroxyl groups is 1. The summed E-state index contributed by atoms with van der Waals surface area (Å²) in [5, 5.41) is 15.3. The second-order valence-corrected chi connectivity index (χ2v) is 4.77. The van der Waals surface area contributed by atoms with Crippen molar-refractivity contribution < 1.29 is 14.6 Å². The molecule has 2 rings (SSSR count). The number of aliphatic hydroxyl groups excluding tert-OH is 1. The third kappa shape index (κ3) is 3.56. The van der Waals surface area contributed by atoms with Crippen molar-refractivity contribution >= 4 is 23.1 Å². The van der Waals surface area contributed by atoms with Crippen molar-refractivity contribution in [2.45, 2.75) is 6.92 Å². The van der Waals surface area contributed by atoms with Crippen LogP contribution in [0.5, 0.6) is 5.75 Å². The molecule has 0 spiro atoms. The smallest absolute Gasteiger partial charge is 0.269 e. The van der Waals surface area contributed by atoms with Gasteiger partial charge in [-0.15, -0.1) is 5.10 Å². The molecule has 0 saturated carbocycles. The van der Waals surface area contributed by atoms with Gasteiger partial charge in [0.1, 0.15) is 17.2 Å². The molecule has 0 atom stereocenters. The number of amides is 1. The lowest BCUT2D eigenvalue weighted by atomic mass is 10.2. The lowest BCUT2D eigenvalue weighted by Gasteiger charge is -2.10. The summed E-state index contributed by atoms with van der Waals surface area (Å²) in [5.41, 5.74) is 1.74. The SMILES string of the molecule is COc1ccc(C#CCO)cc1NC(=O)c1snnc1C. The molecule has 7 heteroatoms. The first-order valence-electron chi connectivity index (χ1n) is 6.03. The van der Waals surface area contributed by atoms with Gasteiger partial charge in [0, 0.05) is 5.56 Å². The fourth-order valence-electron chi connectivity index (χ4n) is 1.64. The lowest BCUT2D eigenvalue weighted by Crippen LogP contribution is -2.12. The van der Waals surface area contributed by atoms with Gasteiger partial charge < -0.3 is 15.2 Å². The zero-order chi connectivity index (χ0) is 15.2. The van der Waals surface area contributed by atoms with E-state index in [4.69, 9.17) is 9.84 Å². The van der Waals surface area contributed by atoms with Crippen LogP contribution in [0.4, 0.5) is 5.69 Å². The summed E-state index contributed by atoms with van der Waals surface area (Å²) in [6, 6.07) is 5.13. The van der Waals surface area contributed by atoms with Gasteiger partial charge in [-0.2, -0.15) is 0 Å². The van der Waals surface area contributed by atoms with Gasteiger partial charge in [0.05, 0.1) is 18.5 Å². The van der Waals surface area contributed by atoms with E-state index in [9.17, 15) is 4.79 Å². The summed E-state index contributed by atoms with van der Waals surface area (Å²) in [6.45, 7) is 1.50. The third-order valence-corrected chi connectivity index (χ3v) is 3.44. The molecule has 0 saturated heterocycles. The number of rotatable bonds is 3. The Morgan fingerprint density at radius 1 is 1.52 bits per heavy atom. The van der Waals surface area contributed by atoms with Crippen LogP contribution in [-0.4, -0.2) is 34.3 Å². The standard InChI is InChI=1S/C14H13N3O3S/c1-9-13(21-17-16-9)14(19)15-11-8-10(4-3-7-18)5-6-12(11)20-2/h5-6,8,18H,7H2,1-2H3,(H,15,19). The molecule has 0 bridgehead atoms. The number of nitrogens with zero attached hydrogens (tertiary/aromatic N) is 2. The predicted octanol–water partition coefficient (Wildman–Crippen LogP) is 1.45. The second-order valence-electron chi connectivity index (χ2n) is 4.02. The van der Waals surface area contributed by atoms with E-state index in [2.05, 4.69) is 26.7 Å². The van der Waals surface area contributed by atoms with Gasteiger partial charge in [-0.3, -0.25) is 4.79 Å². The minimum absolute atomic E-state index is 0.223. The van der Waals surface area contributed by atoms with Crippen molar-refractivity contribution in [3.63, 3.8) is 0 Å². The number of ether oxygens (including phenoxy) is 1. The number of aryl methyl sites for hydroxylation is 1. The first-order valence-corrected chi connectivity index (χ1v) is 6.81. The van der Waals surface area contributed by atoms with Crippen LogP contribution < -0.4 is 10.1 Å². The van der Waals surface area contributed by atoms with E-state index in [1.165, 1.54) is 7.11 Å². The van der Waals surface area contributed by atoms with Crippen LogP contribution in [0.3, 0.4) is 0 Å². The Bertz CT molecular complexity index is 716. The molecule has 0 aliphatic carbocycles. The van der Waals surface area contributed by atoms with E-state index in [0.29, 0.717) is 27.6 Å². The fraction of sp³-hybridized carbons (Fsp3) is 0.214. The number of anilines is 1. The van der Waals surface area contributed by atoms with E-state index in [0.717, 1.165) is 11.5 Å². The molecule has 1 amide bonds. The fourth-order valence-corrected chi connectivity index (χ4v) is 2.20. The summed E-state index contributed by atoms with van der Waals surface area (Å²) >= 11 is 1.03. The summed E-state index contributed by atoms with van der Waals surface area (Å²) < 4.78 is 8.95. The van der Waals surface area contributed by atoms with Gasteiger partial charge >= 0.3 is 0 Å². The third-order valence-electron chi connectivity index (χ3n) is 2.62. The van der Waals surface area contributed by atoms with Gasteiger partial charge in [-0.05, 0) is 36.7 Å². The number of hydrogen-bond donors (Lipinski definition) is 2. The van der Waals surface area contributed by atoms with E-state index in [-0.39, 0.29) is 12.5 Å². The Labute approximate surface area is 125 Å². The Morgan fingerprint density at radius 3 is 2.95 bits per heavy atom. The highest BCUT2D eigenvalue weighted by atomic mass is 32.1. The quantitative estimate of drug-likeness (QED) is 0.838. The minimum atomic E-state index is -0.298. The van der Waals surface area contributed by atoms with Crippen molar-refractivity contribution in [1.82, 2.24) is 9.59 Å². The maximum Gasteiger partial charge on any atom is 0.269 e. The second kappa shape index (κ2) is 6.83. The number of aromatic nitrogens is 2. The van der Waals surface area contributed by atoms with Crippen molar-refractivity contribution in [3.05, 3.63) is 34.3 Å². The molecule has 2 N–H and O–H groups in total. The molecule has 2 aromatic rings. The van der Waals surface area contributed by atoms with Crippen LogP contribution in [0.2, 0.25) is 0 Å². The molecule has 0 aliphatic rings. The summed E-state index contributed by atoms with van der Waals surface area (Å²) in [7, 11) is 1.52. The van der Waals surface area contributed by atoms with Gasteiger partial charge in [0.25, 0.3) is 5.91 Å². The van der Waals surface area contributed by atoms with Gasteiger partial charge in [-0.1, -0.05) is 16.3 Å². The lowest BCUT2D eigenvalue weighted by molar-refractivity contribution is 0.102. The number of benzene rings is 1. The zero-order valence-electron chi connectivity index (χ0n) is 11.5. The molecule has 21 heavy (non-hydrogen) atoms. The molecular formula is C14H13N3O3S. The number of carbonyl (C=O) groups excluding carboxylic acids is 1. The van der Waals surface area contributed by atoms with Crippen molar-refractivity contribution in [3.8, 4) is 17.6 Å².